The number of carbonyl (C=O) groups excluding carboxylic acids is 1. The zero-order valence-corrected chi connectivity index (χ0v) is 16.7. The Morgan fingerprint density at radius 3 is 2.47 bits per heavy atom. The number of nitrogens with one attached hydrogen (secondary N) is 1. The van der Waals surface area contributed by atoms with Gasteiger partial charge in [0.25, 0.3) is 0 Å². The maximum Gasteiger partial charge on any atom is 0.416 e. The zero-order chi connectivity index (χ0) is 21.9. The number of rotatable bonds is 6. The number of alkyl halides is 3. The fourth-order valence-electron chi connectivity index (χ4n) is 2.85. The van der Waals surface area contributed by atoms with Gasteiger partial charge < -0.3 is 10.1 Å². The van der Waals surface area contributed by atoms with E-state index in [1.165, 1.54) is 23.9 Å². The number of ether oxygens (including phenoxy) is 1. The summed E-state index contributed by atoms with van der Waals surface area (Å²) in [5, 5.41) is 7.02. The molecule has 0 aliphatic rings. The minimum absolute atomic E-state index is 0.0247. The number of nitrogens with zero attached hydrogens (tertiary/aromatic N) is 3. The van der Waals surface area contributed by atoms with E-state index in [1.54, 1.807) is 24.3 Å². The maximum atomic E-state index is 13.1. The number of halogens is 3. The number of hydrogen-bond donors (Lipinski definition) is 1. The Hall–Kier alpha value is -3.36. The Bertz CT molecular complexity index is 1030. The number of carbonyl (C=O) groups is 1. The van der Waals surface area contributed by atoms with Crippen LogP contribution in [0.4, 0.5) is 18.9 Å². The van der Waals surface area contributed by atoms with Gasteiger partial charge in [-0.05, 0) is 42.3 Å². The molecule has 2 aromatic carbocycles. The van der Waals surface area contributed by atoms with Crippen molar-refractivity contribution in [2.24, 2.45) is 5.92 Å². The van der Waals surface area contributed by atoms with Crippen LogP contribution in [0.25, 0.3) is 17.1 Å². The molecule has 3 aromatic rings. The molecule has 30 heavy (non-hydrogen) atoms. The highest BCUT2D eigenvalue weighted by Gasteiger charge is 2.31. The fourth-order valence-corrected chi connectivity index (χ4v) is 2.85. The normalized spacial score (nSPS) is 11.6. The van der Waals surface area contributed by atoms with E-state index in [0.29, 0.717) is 17.8 Å². The third-order valence-electron chi connectivity index (χ3n) is 4.21. The predicted octanol–water partition coefficient (Wildman–Crippen LogP) is 4.95. The van der Waals surface area contributed by atoms with Crippen LogP contribution < -0.4 is 10.1 Å². The lowest BCUT2D eigenvalue weighted by Crippen LogP contribution is -2.13. The Morgan fingerprint density at radius 2 is 1.87 bits per heavy atom. The Kier molecular flexibility index (Phi) is 6.09. The lowest BCUT2D eigenvalue weighted by Gasteiger charge is -2.11. The molecule has 158 valence electrons. The van der Waals surface area contributed by atoms with Gasteiger partial charge in [0.05, 0.1) is 18.4 Å². The molecule has 0 saturated heterocycles. The van der Waals surface area contributed by atoms with Crippen molar-refractivity contribution in [2.75, 3.05) is 12.4 Å². The average Bonchev–Trinajstić information content (AvgIpc) is 3.12. The van der Waals surface area contributed by atoms with E-state index in [1.807, 2.05) is 13.8 Å². The topological polar surface area (TPSA) is 69.0 Å². The van der Waals surface area contributed by atoms with Gasteiger partial charge in [0.2, 0.25) is 5.91 Å². The van der Waals surface area contributed by atoms with Gasteiger partial charge in [-0.3, -0.25) is 4.79 Å². The van der Waals surface area contributed by atoms with Crippen molar-refractivity contribution in [2.45, 2.75) is 26.4 Å². The molecule has 1 amide bonds. The Labute approximate surface area is 171 Å². The summed E-state index contributed by atoms with van der Waals surface area (Å²) < 4.78 is 45.8. The standard InChI is InChI=1S/C21H21F3N4O2/c1-13(2)11-18(29)25-16-7-9-17(10-8-16)28-19(26-20(27-28)30-3)14-5-4-6-15(12-14)21(22,23)24/h4-10,12-13H,11H2,1-3H3,(H,25,29). The number of anilines is 1. The van der Waals surface area contributed by atoms with Gasteiger partial charge in [-0.25, -0.2) is 4.68 Å². The van der Waals surface area contributed by atoms with Crippen molar-refractivity contribution < 1.29 is 22.7 Å². The molecular formula is C21H21F3N4O2. The first kappa shape index (κ1) is 21.4. The zero-order valence-electron chi connectivity index (χ0n) is 16.7. The number of benzene rings is 2. The molecule has 0 atom stereocenters. The van der Waals surface area contributed by atoms with E-state index >= 15 is 0 Å². The number of hydrogen-bond acceptors (Lipinski definition) is 4. The number of aromatic nitrogens is 3. The van der Waals surface area contributed by atoms with Crippen LogP contribution in [-0.2, 0) is 11.0 Å². The lowest BCUT2D eigenvalue weighted by molar-refractivity contribution is -0.137. The van der Waals surface area contributed by atoms with Gasteiger partial charge in [0, 0.05) is 17.7 Å². The summed E-state index contributed by atoms with van der Waals surface area (Å²) >= 11 is 0. The van der Waals surface area contributed by atoms with E-state index < -0.39 is 11.7 Å². The Morgan fingerprint density at radius 1 is 1.17 bits per heavy atom. The molecule has 0 unspecified atom stereocenters. The number of methoxy groups -OCH3 is 1. The third-order valence-corrected chi connectivity index (χ3v) is 4.21. The molecule has 3 rings (SSSR count). The van der Waals surface area contributed by atoms with Crippen LogP contribution in [0, 0.1) is 5.92 Å². The smallest absolute Gasteiger partial charge is 0.416 e. The van der Waals surface area contributed by atoms with E-state index in [2.05, 4.69) is 15.4 Å². The summed E-state index contributed by atoms with van der Waals surface area (Å²) in [7, 11) is 1.38. The summed E-state index contributed by atoms with van der Waals surface area (Å²) in [6.07, 6.45) is -4.07. The van der Waals surface area contributed by atoms with Crippen LogP contribution in [0.5, 0.6) is 6.01 Å². The van der Waals surface area contributed by atoms with Gasteiger partial charge in [0.1, 0.15) is 0 Å². The minimum Gasteiger partial charge on any atom is -0.466 e. The second-order valence-corrected chi connectivity index (χ2v) is 7.11. The molecule has 9 heteroatoms. The molecule has 0 fully saturated rings. The highest BCUT2D eigenvalue weighted by Crippen LogP contribution is 2.32. The van der Waals surface area contributed by atoms with Gasteiger partial charge >= 0.3 is 12.2 Å². The first-order chi connectivity index (χ1) is 14.2. The minimum atomic E-state index is -4.47. The average molecular weight is 418 g/mol. The summed E-state index contributed by atoms with van der Waals surface area (Å²) in [6, 6.07) is 11.6. The van der Waals surface area contributed by atoms with Crippen LogP contribution >= 0.6 is 0 Å². The van der Waals surface area contributed by atoms with Crippen molar-refractivity contribution >= 4 is 11.6 Å². The summed E-state index contributed by atoms with van der Waals surface area (Å²) in [5.41, 5.74) is 0.629. The molecule has 0 spiro atoms. The van der Waals surface area contributed by atoms with Crippen LogP contribution in [0.3, 0.4) is 0 Å². The van der Waals surface area contributed by atoms with Crippen LogP contribution in [0.1, 0.15) is 25.8 Å². The predicted molar refractivity (Wildman–Crippen MR) is 106 cm³/mol. The van der Waals surface area contributed by atoms with Crippen molar-refractivity contribution in [1.82, 2.24) is 14.8 Å². The quantitative estimate of drug-likeness (QED) is 0.615. The van der Waals surface area contributed by atoms with E-state index in [-0.39, 0.29) is 29.2 Å². The fraction of sp³-hybridized carbons (Fsp3) is 0.286. The highest BCUT2D eigenvalue weighted by atomic mass is 19.4. The molecule has 0 aliphatic heterocycles. The number of amides is 1. The monoisotopic (exact) mass is 418 g/mol. The van der Waals surface area contributed by atoms with Crippen molar-refractivity contribution in [3.63, 3.8) is 0 Å². The van der Waals surface area contributed by atoms with Crippen LogP contribution in [-0.4, -0.2) is 27.8 Å². The third kappa shape index (κ3) is 4.97. The SMILES string of the molecule is COc1nc(-c2cccc(C(F)(F)F)c2)n(-c2ccc(NC(=O)CC(C)C)cc2)n1. The van der Waals surface area contributed by atoms with Gasteiger partial charge in [-0.15, -0.1) is 5.10 Å². The first-order valence-electron chi connectivity index (χ1n) is 9.26. The lowest BCUT2D eigenvalue weighted by atomic mass is 10.1. The van der Waals surface area contributed by atoms with Crippen LogP contribution in [0.2, 0.25) is 0 Å². The highest BCUT2D eigenvalue weighted by molar-refractivity contribution is 5.90. The first-order valence-corrected chi connectivity index (χ1v) is 9.26. The molecule has 0 bridgehead atoms. The second-order valence-electron chi connectivity index (χ2n) is 7.11. The molecule has 0 radical (unpaired) electrons. The van der Waals surface area contributed by atoms with E-state index in [4.69, 9.17) is 4.74 Å². The largest absolute Gasteiger partial charge is 0.466 e. The van der Waals surface area contributed by atoms with Gasteiger partial charge in [-0.2, -0.15) is 18.2 Å². The molecule has 0 aliphatic carbocycles. The van der Waals surface area contributed by atoms with Crippen LogP contribution in [0.15, 0.2) is 48.5 Å². The molecule has 6 nitrogen and oxygen atoms in total. The second kappa shape index (κ2) is 8.56. The summed E-state index contributed by atoms with van der Waals surface area (Å²) in [5.74, 6) is 0.348. The van der Waals surface area contributed by atoms with E-state index in [9.17, 15) is 18.0 Å². The maximum absolute atomic E-state index is 13.1. The van der Waals surface area contributed by atoms with E-state index in [0.717, 1.165) is 12.1 Å². The summed E-state index contributed by atoms with van der Waals surface area (Å²) in [6.45, 7) is 3.91. The van der Waals surface area contributed by atoms with Crippen molar-refractivity contribution in [3.05, 3.63) is 54.1 Å². The molecule has 0 saturated carbocycles. The summed E-state index contributed by atoms with van der Waals surface area (Å²) in [4.78, 5) is 16.1. The van der Waals surface area contributed by atoms with Crippen molar-refractivity contribution in [1.29, 1.82) is 0 Å². The van der Waals surface area contributed by atoms with Gasteiger partial charge in [-0.1, -0.05) is 26.0 Å². The molecule has 1 aromatic heterocycles. The molecule has 1 N–H and O–H groups in total. The van der Waals surface area contributed by atoms with Crippen molar-refractivity contribution in [3.8, 4) is 23.1 Å². The molecule has 1 heterocycles. The van der Waals surface area contributed by atoms with Gasteiger partial charge in [0.15, 0.2) is 5.82 Å². The molecular weight excluding hydrogens is 397 g/mol. The Balaban J connectivity index is 1.94.